The fourth-order valence-electron chi connectivity index (χ4n) is 1.48. The van der Waals surface area contributed by atoms with Gasteiger partial charge in [-0.25, -0.2) is 13.2 Å². The summed E-state index contributed by atoms with van der Waals surface area (Å²) in [6, 6.07) is 5.12. The van der Waals surface area contributed by atoms with Crippen LogP contribution in [-0.2, 0) is 0 Å². The van der Waals surface area contributed by atoms with Crippen LogP contribution in [0.15, 0.2) is 30.3 Å². The van der Waals surface area contributed by atoms with E-state index < -0.39 is 33.9 Å². The third kappa shape index (κ3) is 3.24. The predicted molar refractivity (Wildman–Crippen MR) is 78.4 cm³/mol. The van der Waals surface area contributed by atoms with Crippen LogP contribution in [0.2, 0.25) is 5.02 Å². The SMILES string of the molecule is O=C(Nc1ccc(F)cc1I)c1cc(F)c(Cl)cc1F. The van der Waals surface area contributed by atoms with Crippen LogP contribution in [0, 0.1) is 21.0 Å². The molecule has 20 heavy (non-hydrogen) atoms. The molecule has 2 aromatic carbocycles. The Morgan fingerprint density at radius 3 is 2.45 bits per heavy atom. The second-order valence-corrected chi connectivity index (χ2v) is 5.39. The number of carbonyl (C=O) groups is 1. The molecule has 1 N–H and O–H groups in total. The molecule has 2 aromatic rings. The Hall–Kier alpha value is -1.28. The van der Waals surface area contributed by atoms with Crippen molar-refractivity contribution >= 4 is 45.8 Å². The van der Waals surface area contributed by atoms with Crippen LogP contribution in [0.1, 0.15) is 10.4 Å². The average molecular weight is 412 g/mol. The standard InChI is InChI=1S/C13H6ClF3INO/c14-8-5-9(16)7(4-10(8)17)13(20)19-12-2-1-6(15)3-11(12)18/h1-5H,(H,19,20). The minimum atomic E-state index is -0.939. The van der Waals surface area contributed by atoms with E-state index in [4.69, 9.17) is 11.6 Å². The molecular weight excluding hydrogens is 406 g/mol. The highest BCUT2D eigenvalue weighted by molar-refractivity contribution is 14.1. The highest BCUT2D eigenvalue weighted by Crippen LogP contribution is 2.23. The van der Waals surface area contributed by atoms with Gasteiger partial charge < -0.3 is 5.32 Å². The maximum atomic E-state index is 13.6. The van der Waals surface area contributed by atoms with E-state index in [9.17, 15) is 18.0 Å². The molecule has 0 aliphatic carbocycles. The molecule has 0 saturated carbocycles. The van der Waals surface area contributed by atoms with Gasteiger partial charge in [0.15, 0.2) is 0 Å². The zero-order chi connectivity index (χ0) is 14.9. The topological polar surface area (TPSA) is 29.1 Å². The molecule has 7 heteroatoms. The van der Waals surface area contributed by atoms with Crippen molar-refractivity contribution in [1.29, 1.82) is 0 Å². The first-order valence-electron chi connectivity index (χ1n) is 5.29. The van der Waals surface area contributed by atoms with Crippen LogP contribution in [0.3, 0.4) is 0 Å². The summed E-state index contributed by atoms with van der Waals surface area (Å²) in [5.74, 6) is -3.14. The smallest absolute Gasteiger partial charge is 0.258 e. The van der Waals surface area contributed by atoms with Crippen LogP contribution >= 0.6 is 34.2 Å². The van der Waals surface area contributed by atoms with E-state index in [1.165, 1.54) is 12.1 Å². The predicted octanol–water partition coefficient (Wildman–Crippen LogP) is 4.61. The van der Waals surface area contributed by atoms with E-state index in [2.05, 4.69) is 5.32 Å². The molecule has 0 radical (unpaired) electrons. The normalized spacial score (nSPS) is 10.4. The number of carbonyl (C=O) groups excluding carboxylic acids is 1. The van der Waals surface area contributed by atoms with Crippen LogP contribution < -0.4 is 5.32 Å². The Balaban J connectivity index is 2.31. The van der Waals surface area contributed by atoms with Gasteiger partial charge in [0.1, 0.15) is 17.5 Å². The van der Waals surface area contributed by atoms with Crippen LogP contribution in [0.4, 0.5) is 18.9 Å². The fourth-order valence-corrected chi connectivity index (χ4v) is 2.24. The highest BCUT2D eigenvalue weighted by Gasteiger charge is 2.16. The molecule has 0 spiro atoms. The third-order valence-electron chi connectivity index (χ3n) is 2.43. The summed E-state index contributed by atoms with van der Waals surface area (Å²) >= 11 is 7.22. The first kappa shape index (κ1) is 15.1. The lowest BCUT2D eigenvalue weighted by Crippen LogP contribution is -2.15. The van der Waals surface area contributed by atoms with Crippen molar-refractivity contribution in [2.24, 2.45) is 0 Å². The zero-order valence-electron chi connectivity index (χ0n) is 9.68. The van der Waals surface area contributed by atoms with Crippen molar-refractivity contribution in [2.45, 2.75) is 0 Å². The van der Waals surface area contributed by atoms with Crippen molar-refractivity contribution in [2.75, 3.05) is 5.32 Å². The Morgan fingerprint density at radius 1 is 1.10 bits per heavy atom. The summed E-state index contributed by atoms with van der Waals surface area (Å²) in [6.07, 6.45) is 0. The van der Waals surface area contributed by atoms with Crippen molar-refractivity contribution in [3.63, 3.8) is 0 Å². The molecule has 2 nitrogen and oxygen atoms in total. The Morgan fingerprint density at radius 2 is 1.80 bits per heavy atom. The Labute approximate surface area is 131 Å². The van der Waals surface area contributed by atoms with Crippen LogP contribution in [0.5, 0.6) is 0 Å². The first-order valence-corrected chi connectivity index (χ1v) is 6.75. The van der Waals surface area contributed by atoms with Gasteiger partial charge in [0.25, 0.3) is 5.91 Å². The molecule has 0 aliphatic heterocycles. The molecule has 0 aliphatic rings. The van der Waals surface area contributed by atoms with E-state index in [0.717, 1.165) is 12.1 Å². The van der Waals surface area contributed by atoms with Gasteiger partial charge in [-0.1, -0.05) is 11.6 Å². The van der Waals surface area contributed by atoms with E-state index in [1.54, 1.807) is 0 Å². The lowest BCUT2D eigenvalue weighted by atomic mass is 10.2. The monoisotopic (exact) mass is 411 g/mol. The average Bonchev–Trinajstić information content (AvgIpc) is 2.37. The number of hydrogen-bond acceptors (Lipinski definition) is 1. The number of amides is 1. The van der Waals surface area contributed by atoms with Crippen molar-refractivity contribution < 1.29 is 18.0 Å². The maximum Gasteiger partial charge on any atom is 0.258 e. The molecule has 2 rings (SSSR count). The van der Waals surface area contributed by atoms with E-state index in [1.807, 2.05) is 22.6 Å². The molecule has 1 amide bonds. The maximum absolute atomic E-state index is 13.6. The van der Waals surface area contributed by atoms with Crippen LogP contribution in [-0.4, -0.2) is 5.91 Å². The van der Waals surface area contributed by atoms with E-state index >= 15 is 0 Å². The molecule has 104 valence electrons. The lowest BCUT2D eigenvalue weighted by Gasteiger charge is -2.08. The number of anilines is 1. The molecule has 0 saturated heterocycles. The second-order valence-electron chi connectivity index (χ2n) is 3.82. The highest BCUT2D eigenvalue weighted by atomic mass is 127. The van der Waals surface area contributed by atoms with E-state index in [0.29, 0.717) is 15.3 Å². The summed E-state index contributed by atoms with van der Waals surface area (Å²) in [7, 11) is 0. The first-order chi connectivity index (χ1) is 9.38. The lowest BCUT2D eigenvalue weighted by molar-refractivity contribution is 0.102. The molecule has 0 aromatic heterocycles. The summed E-state index contributed by atoms with van der Waals surface area (Å²) in [4.78, 5) is 11.9. The van der Waals surface area contributed by atoms with Gasteiger partial charge in [0.2, 0.25) is 0 Å². The zero-order valence-corrected chi connectivity index (χ0v) is 12.6. The number of nitrogens with one attached hydrogen (secondary N) is 1. The van der Waals surface area contributed by atoms with Crippen molar-refractivity contribution in [1.82, 2.24) is 0 Å². The van der Waals surface area contributed by atoms with Gasteiger partial charge in [-0.3, -0.25) is 4.79 Å². The molecule has 0 fully saturated rings. The van der Waals surface area contributed by atoms with Gasteiger partial charge in [-0.05, 0) is 52.9 Å². The Bertz CT molecular complexity index is 694. The van der Waals surface area contributed by atoms with Gasteiger partial charge in [0, 0.05) is 3.57 Å². The summed E-state index contributed by atoms with van der Waals surface area (Å²) in [5.41, 5.74) is -0.182. The van der Waals surface area contributed by atoms with Gasteiger partial charge in [-0.2, -0.15) is 0 Å². The number of benzene rings is 2. The largest absolute Gasteiger partial charge is 0.321 e. The number of rotatable bonds is 2. The summed E-state index contributed by atoms with van der Waals surface area (Å²) < 4.78 is 40.2. The molecular formula is C13H6ClF3INO. The minimum Gasteiger partial charge on any atom is -0.321 e. The molecule has 0 atom stereocenters. The number of hydrogen-bond donors (Lipinski definition) is 1. The minimum absolute atomic E-state index is 0.298. The fraction of sp³-hybridized carbons (Fsp3) is 0. The summed E-state index contributed by atoms with van der Waals surface area (Å²) in [5, 5.41) is 1.97. The number of halogens is 5. The van der Waals surface area contributed by atoms with Crippen molar-refractivity contribution in [3.8, 4) is 0 Å². The van der Waals surface area contributed by atoms with Gasteiger partial charge in [-0.15, -0.1) is 0 Å². The Kier molecular flexibility index (Phi) is 4.54. The quantitative estimate of drug-likeness (QED) is 0.567. The van der Waals surface area contributed by atoms with E-state index in [-0.39, 0.29) is 0 Å². The summed E-state index contributed by atoms with van der Waals surface area (Å²) in [6.45, 7) is 0. The van der Waals surface area contributed by atoms with Crippen molar-refractivity contribution in [3.05, 3.63) is 61.9 Å². The van der Waals surface area contributed by atoms with Gasteiger partial charge in [0.05, 0.1) is 16.3 Å². The molecule has 0 unspecified atom stereocenters. The van der Waals surface area contributed by atoms with Crippen LogP contribution in [0.25, 0.3) is 0 Å². The molecule has 0 bridgehead atoms. The van der Waals surface area contributed by atoms with Gasteiger partial charge >= 0.3 is 0 Å². The molecule has 0 heterocycles. The third-order valence-corrected chi connectivity index (χ3v) is 3.62. The second kappa shape index (κ2) is 6.01.